The summed E-state index contributed by atoms with van der Waals surface area (Å²) in [6.07, 6.45) is 2.14. The van der Waals surface area contributed by atoms with Gasteiger partial charge in [0.05, 0.1) is 16.7 Å². The molecule has 0 aliphatic heterocycles. The Morgan fingerprint density at radius 1 is 0.380 bits per heavy atom. The minimum atomic E-state index is -2.65. The third-order valence-corrected chi connectivity index (χ3v) is 14.8. The molecule has 236 valence electrons. The molecule has 9 aromatic rings. The van der Waals surface area contributed by atoms with Crippen LogP contribution < -0.4 is 20.7 Å². The van der Waals surface area contributed by atoms with E-state index in [9.17, 15) is 0 Å². The Balaban J connectivity index is 1.19. The molecule has 0 amide bonds. The Labute approximate surface area is 293 Å². The molecule has 50 heavy (non-hydrogen) atoms. The maximum atomic E-state index is 5.26. The lowest BCUT2D eigenvalue weighted by atomic mass is 9.96. The summed E-state index contributed by atoms with van der Waals surface area (Å²) in [5, 5.41) is 7.78. The number of benzene rings is 7. The molecule has 0 aliphatic carbocycles. The van der Waals surface area contributed by atoms with E-state index in [2.05, 4.69) is 211 Å². The van der Waals surface area contributed by atoms with E-state index in [1.54, 1.807) is 0 Å². The van der Waals surface area contributed by atoms with E-state index in [0.29, 0.717) is 0 Å². The largest absolute Gasteiger partial charge is 0.309 e. The van der Waals surface area contributed by atoms with Crippen LogP contribution in [0.15, 0.2) is 206 Å². The van der Waals surface area contributed by atoms with Crippen LogP contribution in [-0.2, 0) is 0 Å². The van der Waals surface area contributed by atoms with Gasteiger partial charge < -0.3 is 4.57 Å². The van der Waals surface area contributed by atoms with Gasteiger partial charge in [-0.25, -0.2) is 0 Å². The molecule has 0 atom stereocenters. The maximum Gasteiger partial charge on any atom is 0.181 e. The van der Waals surface area contributed by atoms with Gasteiger partial charge in [0.2, 0.25) is 0 Å². The molecule has 3 heteroatoms. The summed E-state index contributed by atoms with van der Waals surface area (Å²) in [6, 6.07) is 72.5. The molecule has 2 heterocycles. The SMILES string of the molecule is c1ccc(-n2c3ccccc3c3cc(-c4ccccc4-c4ccc([Si](c5ccccc5)(c5ccccc5)c5ccccc5)cn4)ccc32)cc1. The van der Waals surface area contributed by atoms with Crippen molar-refractivity contribution in [2.75, 3.05) is 0 Å². The first-order valence-electron chi connectivity index (χ1n) is 17.1. The number of aromatic nitrogens is 2. The minimum Gasteiger partial charge on any atom is -0.309 e. The van der Waals surface area contributed by atoms with E-state index < -0.39 is 8.07 Å². The summed E-state index contributed by atoms with van der Waals surface area (Å²) in [7, 11) is -2.65. The van der Waals surface area contributed by atoms with Crippen LogP contribution in [0.5, 0.6) is 0 Å². The van der Waals surface area contributed by atoms with Gasteiger partial charge in [0.25, 0.3) is 0 Å². The van der Waals surface area contributed by atoms with Crippen molar-refractivity contribution in [3.8, 4) is 28.1 Å². The summed E-state index contributed by atoms with van der Waals surface area (Å²) in [5.74, 6) is 0. The second-order valence-electron chi connectivity index (χ2n) is 12.7. The van der Waals surface area contributed by atoms with E-state index in [4.69, 9.17) is 4.98 Å². The molecule has 0 bridgehead atoms. The summed E-state index contributed by atoms with van der Waals surface area (Å²) in [4.78, 5) is 5.26. The smallest absolute Gasteiger partial charge is 0.181 e. The number of pyridine rings is 1. The molecular weight excluding hydrogens is 621 g/mol. The number of hydrogen-bond acceptors (Lipinski definition) is 1. The standard InChI is InChI=1S/C47H34N2Si/c1-5-17-36(18-6-1)49-46-28-16-15-27-43(46)44-33-35(29-32-47(44)49)41-25-13-14-26-42(41)45-31-30-40(34-48-45)50(37-19-7-2-8-20-37,38-21-9-3-10-22-38)39-23-11-4-12-24-39/h1-34H. The zero-order valence-corrected chi connectivity index (χ0v) is 28.5. The van der Waals surface area contributed by atoms with E-state index in [1.165, 1.54) is 53.7 Å². The predicted molar refractivity (Wildman–Crippen MR) is 213 cm³/mol. The van der Waals surface area contributed by atoms with Gasteiger partial charge in [0.1, 0.15) is 0 Å². The van der Waals surface area contributed by atoms with Crippen molar-refractivity contribution in [2.24, 2.45) is 0 Å². The highest BCUT2D eigenvalue weighted by Crippen LogP contribution is 2.37. The Hall–Kier alpha value is -6.29. The highest BCUT2D eigenvalue weighted by molar-refractivity contribution is 7.19. The second-order valence-corrected chi connectivity index (χ2v) is 16.6. The van der Waals surface area contributed by atoms with Crippen LogP contribution in [-0.4, -0.2) is 17.6 Å². The molecule has 0 spiro atoms. The average molecular weight is 655 g/mol. The zero-order valence-electron chi connectivity index (χ0n) is 27.5. The van der Waals surface area contributed by atoms with Crippen LogP contribution in [0.3, 0.4) is 0 Å². The van der Waals surface area contributed by atoms with Crippen LogP contribution in [0.4, 0.5) is 0 Å². The molecule has 0 unspecified atom stereocenters. The molecule has 2 nitrogen and oxygen atoms in total. The number of nitrogens with zero attached hydrogens (tertiary/aromatic N) is 2. The van der Waals surface area contributed by atoms with Gasteiger partial charge in [-0.2, -0.15) is 0 Å². The van der Waals surface area contributed by atoms with E-state index in [-0.39, 0.29) is 0 Å². The molecule has 7 aromatic carbocycles. The van der Waals surface area contributed by atoms with Crippen LogP contribution in [0, 0.1) is 0 Å². The highest BCUT2D eigenvalue weighted by Gasteiger charge is 2.41. The van der Waals surface area contributed by atoms with Crippen molar-refractivity contribution < 1.29 is 0 Å². The molecule has 0 saturated heterocycles. The average Bonchev–Trinajstić information content (AvgIpc) is 3.54. The fraction of sp³-hybridized carbons (Fsp3) is 0. The lowest BCUT2D eigenvalue weighted by Crippen LogP contribution is -2.74. The first-order valence-corrected chi connectivity index (χ1v) is 19.1. The topological polar surface area (TPSA) is 17.8 Å². The third kappa shape index (κ3) is 4.90. The normalized spacial score (nSPS) is 11.6. The van der Waals surface area contributed by atoms with Crippen LogP contribution in [0.1, 0.15) is 0 Å². The van der Waals surface area contributed by atoms with Crippen molar-refractivity contribution in [1.29, 1.82) is 0 Å². The van der Waals surface area contributed by atoms with Gasteiger partial charge in [0.15, 0.2) is 8.07 Å². The van der Waals surface area contributed by atoms with Gasteiger partial charge in [-0.1, -0.05) is 164 Å². The van der Waals surface area contributed by atoms with E-state index in [1.807, 2.05) is 0 Å². The quantitative estimate of drug-likeness (QED) is 0.124. The number of rotatable bonds is 7. The molecule has 0 radical (unpaired) electrons. The molecule has 0 saturated carbocycles. The van der Waals surface area contributed by atoms with Crippen molar-refractivity contribution in [1.82, 2.24) is 9.55 Å². The summed E-state index contributed by atoms with van der Waals surface area (Å²) in [6.45, 7) is 0. The monoisotopic (exact) mass is 654 g/mol. The Morgan fingerprint density at radius 3 is 1.50 bits per heavy atom. The van der Waals surface area contributed by atoms with Gasteiger partial charge >= 0.3 is 0 Å². The zero-order chi connectivity index (χ0) is 33.3. The Morgan fingerprint density at radius 2 is 0.900 bits per heavy atom. The fourth-order valence-electron chi connectivity index (χ4n) is 7.79. The number of fused-ring (bicyclic) bond motifs is 3. The first kappa shape index (κ1) is 29.8. The summed E-state index contributed by atoms with van der Waals surface area (Å²) in [5.41, 5.74) is 8.01. The lowest BCUT2D eigenvalue weighted by molar-refractivity contribution is 1.18. The molecule has 2 aromatic heterocycles. The van der Waals surface area contributed by atoms with Gasteiger partial charge in [0, 0.05) is 28.2 Å². The Kier molecular flexibility index (Phi) is 7.53. The summed E-state index contributed by atoms with van der Waals surface area (Å²) >= 11 is 0. The maximum absolute atomic E-state index is 5.26. The van der Waals surface area contributed by atoms with E-state index in [0.717, 1.165) is 16.9 Å². The van der Waals surface area contributed by atoms with Crippen LogP contribution >= 0.6 is 0 Å². The van der Waals surface area contributed by atoms with Crippen LogP contribution in [0.2, 0.25) is 0 Å². The van der Waals surface area contributed by atoms with Gasteiger partial charge in [-0.15, -0.1) is 0 Å². The first-order chi connectivity index (χ1) is 24.8. The number of para-hydroxylation sites is 2. The van der Waals surface area contributed by atoms with Gasteiger partial charge in [-0.05, 0) is 68.3 Å². The van der Waals surface area contributed by atoms with Crippen molar-refractivity contribution in [3.63, 3.8) is 0 Å². The molecule has 0 aliphatic rings. The molecular formula is C47H34N2Si. The Bertz CT molecular complexity index is 2460. The summed E-state index contributed by atoms with van der Waals surface area (Å²) < 4.78 is 2.36. The second kappa shape index (κ2) is 12.6. The van der Waals surface area contributed by atoms with Crippen molar-refractivity contribution in [2.45, 2.75) is 0 Å². The van der Waals surface area contributed by atoms with Crippen molar-refractivity contribution in [3.05, 3.63) is 206 Å². The molecule has 0 N–H and O–H groups in total. The van der Waals surface area contributed by atoms with E-state index >= 15 is 0 Å². The highest BCUT2D eigenvalue weighted by atomic mass is 28.3. The number of hydrogen-bond donors (Lipinski definition) is 0. The molecule has 9 rings (SSSR count). The van der Waals surface area contributed by atoms with Crippen LogP contribution in [0.25, 0.3) is 49.9 Å². The van der Waals surface area contributed by atoms with Gasteiger partial charge in [-0.3, -0.25) is 4.98 Å². The molecule has 0 fully saturated rings. The predicted octanol–water partition coefficient (Wildman–Crippen LogP) is 8.89. The third-order valence-electron chi connectivity index (χ3n) is 10.0. The minimum absolute atomic E-state index is 0.966. The van der Waals surface area contributed by atoms with Crippen molar-refractivity contribution >= 4 is 50.6 Å². The lowest BCUT2D eigenvalue weighted by Gasteiger charge is -2.34. The fourth-order valence-corrected chi connectivity index (χ4v) is 12.5.